The van der Waals surface area contributed by atoms with Crippen LogP contribution in [0.1, 0.15) is 85.0 Å². The zero-order valence-electron chi connectivity index (χ0n) is 15.4. The van der Waals surface area contributed by atoms with Crippen LogP contribution in [-0.4, -0.2) is 46.7 Å². The number of carboxylic acids is 2. The molecule has 5 heteroatoms. The monoisotopic (exact) mass is 331 g/mol. The highest BCUT2D eigenvalue weighted by Gasteiger charge is 2.02. The van der Waals surface area contributed by atoms with Crippen molar-refractivity contribution in [2.24, 2.45) is 0 Å². The molecule has 0 aliphatic rings. The Labute approximate surface area is 142 Å². The molecule has 0 fully saturated rings. The van der Waals surface area contributed by atoms with Crippen LogP contribution in [0.2, 0.25) is 0 Å². The minimum absolute atomic E-state index is 0.0628. The summed E-state index contributed by atoms with van der Waals surface area (Å²) < 4.78 is 0. The largest absolute Gasteiger partial charge is 0.481 e. The van der Waals surface area contributed by atoms with E-state index in [-0.39, 0.29) is 12.8 Å². The lowest BCUT2D eigenvalue weighted by Crippen LogP contribution is -2.27. The minimum atomic E-state index is -0.870. The molecule has 0 unspecified atom stereocenters. The van der Waals surface area contributed by atoms with Gasteiger partial charge in [0.25, 0.3) is 0 Å². The molecule has 5 nitrogen and oxygen atoms in total. The summed E-state index contributed by atoms with van der Waals surface area (Å²) in [4.78, 5) is 22.4. The standard InChI is InChI=1S/C12H27N.C6H10O4/c1-4-7-10-13(11-8-5-2)12-9-6-3;7-5(8)3-1-2-4-6(9)10/h4-12H2,1-3H3;1-4H2,(H,7,8)(H,9,10). The highest BCUT2D eigenvalue weighted by atomic mass is 16.4. The van der Waals surface area contributed by atoms with Gasteiger partial charge < -0.3 is 15.1 Å². The van der Waals surface area contributed by atoms with Crippen LogP contribution in [0.25, 0.3) is 0 Å². The molecular weight excluding hydrogens is 294 g/mol. The number of hydrogen-bond donors (Lipinski definition) is 2. The van der Waals surface area contributed by atoms with Gasteiger partial charge in [0, 0.05) is 12.8 Å². The number of unbranched alkanes of at least 4 members (excludes halogenated alkanes) is 4. The molecule has 2 N–H and O–H groups in total. The summed E-state index contributed by atoms with van der Waals surface area (Å²) in [6, 6.07) is 0. The van der Waals surface area contributed by atoms with Gasteiger partial charge in [0.05, 0.1) is 0 Å². The molecular formula is C18H37NO4. The lowest BCUT2D eigenvalue weighted by atomic mass is 10.2. The van der Waals surface area contributed by atoms with Gasteiger partial charge in [0.1, 0.15) is 0 Å². The first-order valence-corrected chi connectivity index (χ1v) is 9.13. The number of nitrogens with zero attached hydrogens (tertiary/aromatic N) is 1. The van der Waals surface area contributed by atoms with Crippen LogP contribution in [0.4, 0.5) is 0 Å². The third kappa shape index (κ3) is 23.3. The fourth-order valence-electron chi connectivity index (χ4n) is 2.03. The Bertz CT molecular complexity index is 247. The van der Waals surface area contributed by atoms with Crippen molar-refractivity contribution < 1.29 is 19.8 Å². The highest BCUT2D eigenvalue weighted by molar-refractivity contribution is 5.67. The van der Waals surface area contributed by atoms with Crippen LogP contribution < -0.4 is 0 Å². The Kier molecular flexibility index (Phi) is 19.9. The zero-order valence-corrected chi connectivity index (χ0v) is 15.4. The smallest absolute Gasteiger partial charge is 0.303 e. The van der Waals surface area contributed by atoms with Crippen LogP contribution in [-0.2, 0) is 9.59 Å². The minimum Gasteiger partial charge on any atom is -0.481 e. The molecule has 0 saturated heterocycles. The molecule has 0 aliphatic carbocycles. The van der Waals surface area contributed by atoms with Crippen LogP contribution in [0.3, 0.4) is 0 Å². The summed E-state index contributed by atoms with van der Waals surface area (Å²) in [6.07, 6.45) is 9.11. The van der Waals surface area contributed by atoms with Crippen LogP contribution in [0, 0.1) is 0 Å². The Morgan fingerprint density at radius 3 is 1.17 bits per heavy atom. The molecule has 0 aromatic rings. The van der Waals surface area contributed by atoms with E-state index >= 15 is 0 Å². The molecule has 0 spiro atoms. The maximum Gasteiger partial charge on any atom is 0.303 e. The Morgan fingerprint density at radius 2 is 0.957 bits per heavy atom. The summed E-state index contributed by atoms with van der Waals surface area (Å²) in [5.41, 5.74) is 0. The highest BCUT2D eigenvalue weighted by Crippen LogP contribution is 2.01. The van der Waals surface area contributed by atoms with Crippen LogP contribution >= 0.6 is 0 Å². The van der Waals surface area contributed by atoms with Crippen molar-refractivity contribution in [1.82, 2.24) is 4.90 Å². The molecule has 0 rings (SSSR count). The van der Waals surface area contributed by atoms with Crippen molar-refractivity contribution in [1.29, 1.82) is 0 Å². The molecule has 0 atom stereocenters. The van der Waals surface area contributed by atoms with Gasteiger partial charge in [-0.05, 0) is 51.7 Å². The predicted octanol–water partition coefficient (Wildman–Crippen LogP) is 4.40. The lowest BCUT2D eigenvalue weighted by molar-refractivity contribution is -0.139. The third-order valence-corrected chi connectivity index (χ3v) is 3.51. The fraction of sp³-hybridized carbons (Fsp3) is 0.889. The summed E-state index contributed by atoms with van der Waals surface area (Å²) in [5, 5.41) is 16.3. The first kappa shape index (κ1) is 24.2. The van der Waals surface area contributed by atoms with Gasteiger partial charge in [0.15, 0.2) is 0 Å². The van der Waals surface area contributed by atoms with E-state index in [9.17, 15) is 9.59 Å². The second-order valence-corrected chi connectivity index (χ2v) is 5.90. The molecule has 0 aliphatic heterocycles. The average Bonchev–Trinajstić information content (AvgIpc) is 2.51. The third-order valence-electron chi connectivity index (χ3n) is 3.51. The molecule has 0 aromatic carbocycles. The summed E-state index contributed by atoms with van der Waals surface area (Å²) in [7, 11) is 0. The van der Waals surface area contributed by atoms with E-state index in [1.165, 1.54) is 58.2 Å². The van der Waals surface area contributed by atoms with E-state index in [1.54, 1.807) is 0 Å². The molecule has 0 bridgehead atoms. The summed E-state index contributed by atoms with van der Waals surface area (Å²) in [5.74, 6) is -1.74. The van der Waals surface area contributed by atoms with Crippen molar-refractivity contribution in [3.8, 4) is 0 Å². The second kappa shape index (κ2) is 18.9. The number of carboxylic acid groups (broad SMARTS) is 2. The van der Waals surface area contributed by atoms with E-state index in [1.807, 2.05) is 0 Å². The maximum atomic E-state index is 9.90. The van der Waals surface area contributed by atoms with E-state index < -0.39 is 11.9 Å². The average molecular weight is 331 g/mol. The fourth-order valence-corrected chi connectivity index (χ4v) is 2.03. The Morgan fingerprint density at radius 1 is 0.652 bits per heavy atom. The lowest BCUT2D eigenvalue weighted by Gasteiger charge is -2.21. The van der Waals surface area contributed by atoms with Crippen LogP contribution in [0.5, 0.6) is 0 Å². The van der Waals surface area contributed by atoms with E-state index in [2.05, 4.69) is 25.7 Å². The SMILES string of the molecule is CCCCN(CCCC)CCCC.O=C(O)CCCCC(=O)O. The Balaban J connectivity index is 0. The van der Waals surface area contributed by atoms with Crippen molar-refractivity contribution in [3.05, 3.63) is 0 Å². The molecule has 138 valence electrons. The van der Waals surface area contributed by atoms with Gasteiger partial charge in [-0.1, -0.05) is 40.0 Å². The molecule has 0 amide bonds. The topological polar surface area (TPSA) is 77.8 Å². The zero-order chi connectivity index (χ0) is 17.9. The molecule has 0 aromatic heterocycles. The van der Waals surface area contributed by atoms with E-state index in [0.29, 0.717) is 12.8 Å². The number of aliphatic carboxylic acids is 2. The summed E-state index contributed by atoms with van der Waals surface area (Å²) >= 11 is 0. The number of hydrogen-bond acceptors (Lipinski definition) is 3. The van der Waals surface area contributed by atoms with Crippen LogP contribution in [0.15, 0.2) is 0 Å². The van der Waals surface area contributed by atoms with Gasteiger partial charge in [-0.15, -0.1) is 0 Å². The molecule has 0 heterocycles. The van der Waals surface area contributed by atoms with E-state index in [0.717, 1.165) is 0 Å². The van der Waals surface area contributed by atoms with Crippen molar-refractivity contribution >= 4 is 11.9 Å². The molecule has 0 radical (unpaired) electrons. The number of carbonyl (C=O) groups is 2. The Hall–Kier alpha value is -1.10. The quantitative estimate of drug-likeness (QED) is 0.461. The van der Waals surface area contributed by atoms with Gasteiger partial charge in [-0.25, -0.2) is 0 Å². The first-order chi connectivity index (χ1) is 11.0. The van der Waals surface area contributed by atoms with Crippen molar-refractivity contribution in [2.75, 3.05) is 19.6 Å². The van der Waals surface area contributed by atoms with Gasteiger partial charge >= 0.3 is 11.9 Å². The normalized spacial score (nSPS) is 10.3. The molecule has 0 saturated carbocycles. The molecule has 23 heavy (non-hydrogen) atoms. The first-order valence-electron chi connectivity index (χ1n) is 9.13. The predicted molar refractivity (Wildman–Crippen MR) is 94.9 cm³/mol. The second-order valence-electron chi connectivity index (χ2n) is 5.90. The van der Waals surface area contributed by atoms with Gasteiger partial charge in [-0.2, -0.15) is 0 Å². The van der Waals surface area contributed by atoms with Crippen molar-refractivity contribution in [3.63, 3.8) is 0 Å². The van der Waals surface area contributed by atoms with E-state index in [4.69, 9.17) is 10.2 Å². The van der Waals surface area contributed by atoms with Crippen molar-refractivity contribution in [2.45, 2.75) is 85.0 Å². The van der Waals surface area contributed by atoms with Gasteiger partial charge in [-0.3, -0.25) is 9.59 Å². The summed E-state index contributed by atoms with van der Waals surface area (Å²) in [6.45, 7) is 10.8. The maximum absolute atomic E-state index is 9.90. The van der Waals surface area contributed by atoms with Gasteiger partial charge in [0.2, 0.25) is 0 Å². The number of rotatable bonds is 14.